The van der Waals surface area contributed by atoms with Crippen LogP contribution in [-0.4, -0.2) is 31.6 Å². The molecule has 1 aliphatic rings. The van der Waals surface area contributed by atoms with Gasteiger partial charge < -0.3 is 19.7 Å². The van der Waals surface area contributed by atoms with Crippen LogP contribution in [-0.2, 0) is 9.59 Å². The minimum atomic E-state index is -0.174. The van der Waals surface area contributed by atoms with E-state index in [1.54, 1.807) is 4.90 Å². The number of carbonyl (C=O) groups is 2. The molecule has 136 valence electrons. The van der Waals surface area contributed by atoms with Crippen molar-refractivity contribution in [3.05, 3.63) is 48.0 Å². The summed E-state index contributed by atoms with van der Waals surface area (Å²) in [6.45, 7) is 4.67. The lowest BCUT2D eigenvalue weighted by Gasteiger charge is -2.29. The maximum absolute atomic E-state index is 12.4. The van der Waals surface area contributed by atoms with E-state index < -0.39 is 0 Å². The standard InChI is InChI=1S/C20H22N2O4/c1-3-25-18-12-14(2)8-9-15(18)21-19(23)10-11-22-16-6-4-5-7-17(16)26-13-20(22)24/h4-9,12H,3,10-11,13H2,1-2H3,(H,21,23). The fourth-order valence-electron chi connectivity index (χ4n) is 2.83. The Balaban J connectivity index is 1.66. The van der Waals surface area contributed by atoms with Crippen LogP contribution in [0, 0.1) is 6.92 Å². The molecular weight excluding hydrogens is 332 g/mol. The van der Waals surface area contributed by atoms with Gasteiger partial charge in [0.2, 0.25) is 5.91 Å². The maximum atomic E-state index is 12.4. The van der Waals surface area contributed by atoms with Gasteiger partial charge in [-0.1, -0.05) is 18.2 Å². The molecular formula is C20H22N2O4. The van der Waals surface area contributed by atoms with Crippen molar-refractivity contribution in [2.75, 3.05) is 30.0 Å². The third-order valence-corrected chi connectivity index (χ3v) is 4.08. The summed E-state index contributed by atoms with van der Waals surface area (Å²) in [5.41, 5.74) is 2.39. The van der Waals surface area contributed by atoms with Crippen LogP contribution in [0.3, 0.4) is 0 Å². The zero-order valence-electron chi connectivity index (χ0n) is 15.0. The molecule has 0 aliphatic carbocycles. The van der Waals surface area contributed by atoms with Crippen molar-refractivity contribution < 1.29 is 19.1 Å². The van der Waals surface area contributed by atoms with Gasteiger partial charge in [-0.25, -0.2) is 0 Å². The first-order valence-electron chi connectivity index (χ1n) is 8.64. The summed E-state index contributed by atoms with van der Waals surface area (Å²) in [6, 6.07) is 13.0. The molecule has 0 bridgehead atoms. The van der Waals surface area contributed by atoms with Crippen LogP contribution in [0.1, 0.15) is 18.9 Å². The number of anilines is 2. The molecule has 6 heteroatoms. The molecule has 0 saturated heterocycles. The molecule has 1 aliphatic heterocycles. The van der Waals surface area contributed by atoms with Crippen molar-refractivity contribution >= 4 is 23.2 Å². The first-order chi connectivity index (χ1) is 12.6. The Labute approximate surface area is 152 Å². The van der Waals surface area contributed by atoms with Gasteiger partial charge in [0, 0.05) is 13.0 Å². The number of para-hydroxylation sites is 2. The number of hydrogen-bond acceptors (Lipinski definition) is 4. The minimum Gasteiger partial charge on any atom is -0.492 e. The summed E-state index contributed by atoms with van der Waals surface area (Å²) in [7, 11) is 0. The summed E-state index contributed by atoms with van der Waals surface area (Å²) in [4.78, 5) is 26.1. The Kier molecular flexibility index (Phi) is 5.41. The molecule has 0 fully saturated rings. The number of rotatable bonds is 6. The topological polar surface area (TPSA) is 67.9 Å². The van der Waals surface area contributed by atoms with Gasteiger partial charge in [-0.15, -0.1) is 0 Å². The average Bonchev–Trinajstić information content (AvgIpc) is 2.63. The molecule has 26 heavy (non-hydrogen) atoms. The highest BCUT2D eigenvalue weighted by atomic mass is 16.5. The largest absolute Gasteiger partial charge is 0.492 e. The van der Waals surface area contributed by atoms with E-state index in [1.807, 2.05) is 56.3 Å². The molecule has 1 heterocycles. The predicted molar refractivity (Wildman–Crippen MR) is 99.9 cm³/mol. The smallest absolute Gasteiger partial charge is 0.265 e. The molecule has 0 unspecified atom stereocenters. The number of ether oxygens (including phenoxy) is 2. The Morgan fingerprint density at radius 3 is 2.88 bits per heavy atom. The van der Waals surface area contributed by atoms with Crippen LogP contribution in [0.2, 0.25) is 0 Å². The second-order valence-electron chi connectivity index (χ2n) is 6.03. The fourth-order valence-corrected chi connectivity index (χ4v) is 2.83. The van der Waals surface area contributed by atoms with Gasteiger partial charge in [-0.2, -0.15) is 0 Å². The van der Waals surface area contributed by atoms with Gasteiger partial charge in [-0.05, 0) is 43.7 Å². The van der Waals surface area contributed by atoms with Gasteiger partial charge in [0.05, 0.1) is 18.0 Å². The van der Waals surface area contributed by atoms with E-state index in [4.69, 9.17) is 9.47 Å². The van der Waals surface area contributed by atoms with Gasteiger partial charge in [0.25, 0.3) is 5.91 Å². The van der Waals surface area contributed by atoms with Crippen molar-refractivity contribution in [1.82, 2.24) is 0 Å². The van der Waals surface area contributed by atoms with Crippen molar-refractivity contribution in [2.24, 2.45) is 0 Å². The Bertz CT molecular complexity index is 819. The molecule has 0 saturated carbocycles. The van der Waals surface area contributed by atoms with E-state index in [0.29, 0.717) is 36.0 Å². The van der Waals surface area contributed by atoms with E-state index in [-0.39, 0.29) is 24.8 Å². The third-order valence-electron chi connectivity index (χ3n) is 4.08. The zero-order valence-corrected chi connectivity index (χ0v) is 15.0. The quantitative estimate of drug-likeness (QED) is 0.865. The number of benzene rings is 2. The molecule has 0 radical (unpaired) electrons. The van der Waals surface area contributed by atoms with Crippen LogP contribution in [0.15, 0.2) is 42.5 Å². The predicted octanol–water partition coefficient (Wildman–Crippen LogP) is 3.15. The van der Waals surface area contributed by atoms with E-state index in [9.17, 15) is 9.59 Å². The number of nitrogens with one attached hydrogen (secondary N) is 1. The van der Waals surface area contributed by atoms with Crippen molar-refractivity contribution in [1.29, 1.82) is 0 Å². The molecule has 2 aromatic carbocycles. The Morgan fingerprint density at radius 2 is 2.08 bits per heavy atom. The molecule has 0 spiro atoms. The number of amides is 2. The molecule has 1 N–H and O–H groups in total. The Hall–Kier alpha value is -3.02. The number of aryl methyl sites for hydroxylation is 1. The Morgan fingerprint density at radius 1 is 1.27 bits per heavy atom. The highest BCUT2D eigenvalue weighted by Crippen LogP contribution is 2.31. The van der Waals surface area contributed by atoms with Crippen LogP contribution in [0.25, 0.3) is 0 Å². The lowest BCUT2D eigenvalue weighted by molar-refractivity contribution is -0.121. The highest BCUT2D eigenvalue weighted by Gasteiger charge is 2.25. The van der Waals surface area contributed by atoms with Crippen LogP contribution in [0.4, 0.5) is 11.4 Å². The second kappa shape index (κ2) is 7.91. The minimum absolute atomic E-state index is 0.00885. The van der Waals surface area contributed by atoms with Gasteiger partial charge >= 0.3 is 0 Å². The monoisotopic (exact) mass is 354 g/mol. The van der Waals surface area contributed by atoms with Crippen LogP contribution < -0.4 is 19.7 Å². The zero-order chi connectivity index (χ0) is 18.5. The molecule has 2 amide bonds. The van der Waals surface area contributed by atoms with E-state index in [0.717, 1.165) is 5.56 Å². The summed E-state index contributed by atoms with van der Waals surface area (Å²) < 4.78 is 11.0. The summed E-state index contributed by atoms with van der Waals surface area (Å²) in [6.07, 6.45) is 0.180. The molecule has 0 atom stereocenters. The van der Waals surface area contributed by atoms with Gasteiger partial charge in [0.1, 0.15) is 11.5 Å². The number of carbonyl (C=O) groups excluding carboxylic acids is 2. The SMILES string of the molecule is CCOc1cc(C)ccc1NC(=O)CCN1C(=O)COc2ccccc21. The third kappa shape index (κ3) is 3.96. The van der Waals surface area contributed by atoms with E-state index in [2.05, 4.69) is 5.32 Å². The van der Waals surface area contributed by atoms with Crippen LogP contribution >= 0.6 is 0 Å². The van der Waals surface area contributed by atoms with Crippen molar-refractivity contribution in [3.8, 4) is 11.5 Å². The summed E-state index contributed by atoms with van der Waals surface area (Å²) in [5, 5.41) is 2.87. The molecule has 2 aromatic rings. The molecule has 3 rings (SSSR count). The number of fused-ring (bicyclic) bond motifs is 1. The first-order valence-corrected chi connectivity index (χ1v) is 8.64. The fraction of sp³-hybridized carbons (Fsp3) is 0.300. The van der Waals surface area contributed by atoms with E-state index >= 15 is 0 Å². The van der Waals surface area contributed by atoms with E-state index in [1.165, 1.54) is 0 Å². The number of nitrogens with zero attached hydrogens (tertiary/aromatic N) is 1. The lowest BCUT2D eigenvalue weighted by Crippen LogP contribution is -2.40. The molecule has 6 nitrogen and oxygen atoms in total. The van der Waals surface area contributed by atoms with Crippen molar-refractivity contribution in [2.45, 2.75) is 20.3 Å². The van der Waals surface area contributed by atoms with Gasteiger partial charge in [-0.3, -0.25) is 9.59 Å². The summed E-state index contributed by atoms with van der Waals surface area (Å²) in [5.74, 6) is 0.978. The normalized spacial score (nSPS) is 13.0. The lowest BCUT2D eigenvalue weighted by atomic mass is 10.2. The van der Waals surface area contributed by atoms with Gasteiger partial charge in [0.15, 0.2) is 6.61 Å². The second-order valence-corrected chi connectivity index (χ2v) is 6.03. The first kappa shape index (κ1) is 17.8. The highest BCUT2D eigenvalue weighted by molar-refractivity contribution is 5.99. The summed E-state index contributed by atoms with van der Waals surface area (Å²) >= 11 is 0. The molecule has 0 aromatic heterocycles. The average molecular weight is 354 g/mol. The maximum Gasteiger partial charge on any atom is 0.265 e. The number of hydrogen-bond donors (Lipinski definition) is 1. The van der Waals surface area contributed by atoms with Crippen molar-refractivity contribution in [3.63, 3.8) is 0 Å². The van der Waals surface area contributed by atoms with Crippen LogP contribution in [0.5, 0.6) is 11.5 Å².